The number of anilines is 1. The van der Waals surface area contributed by atoms with E-state index in [1.54, 1.807) is 24.3 Å². The fourth-order valence-electron chi connectivity index (χ4n) is 2.27. The molecule has 2 aromatic heterocycles. The number of benzene rings is 1. The molecule has 2 N–H and O–H groups in total. The zero-order valence-electron chi connectivity index (χ0n) is 14.5. The minimum atomic E-state index is -0.362. The van der Waals surface area contributed by atoms with Crippen molar-refractivity contribution in [3.8, 4) is 0 Å². The van der Waals surface area contributed by atoms with Gasteiger partial charge in [-0.3, -0.25) is 9.59 Å². The van der Waals surface area contributed by atoms with E-state index in [1.165, 1.54) is 0 Å². The van der Waals surface area contributed by atoms with Gasteiger partial charge in [0.05, 0.1) is 6.54 Å². The highest BCUT2D eigenvalue weighted by molar-refractivity contribution is 7.13. The minimum absolute atomic E-state index is 0.121. The summed E-state index contributed by atoms with van der Waals surface area (Å²) in [5.74, 6) is 1.02. The molecule has 2 amide bonds. The predicted molar refractivity (Wildman–Crippen MR) is 103 cm³/mol. The van der Waals surface area contributed by atoms with Crippen LogP contribution in [0.5, 0.6) is 0 Å². The Morgan fingerprint density at radius 1 is 1.22 bits per heavy atom. The average Bonchev–Trinajstić information content (AvgIpc) is 3.27. The number of carbonyl (C=O) groups is 2. The van der Waals surface area contributed by atoms with Crippen molar-refractivity contribution in [2.45, 2.75) is 26.3 Å². The van der Waals surface area contributed by atoms with Crippen LogP contribution in [0.4, 0.5) is 5.69 Å². The monoisotopic (exact) mass is 404 g/mol. The van der Waals surface area contributed by atoms with Gasteiger partial charge in [-0.05, 0) is 37.3 Å². The van der Waals surface area contributed by atoms with Crippen molar-refractivity contribution < 1.29 is 14.0 Å². The van der Waals surface area contributed by atoms with Gasteiger partial charge in [0, 0.05) is 23.6 Å². The zero-order valence-corrected chi connectivity index (χ0v) is 16.1. The molecular formula is C18H17ClN4O3S. The van der Waals surface area contributed by atoms with Gasteiger partial charge in [0.25, 0.3) is 5.91 Å². The highest BCUT2D eigenvalue weighted by Crippen LogP contribution is 2.17. The third-order valence-corrected chi connectivity index (χ3v) is 4.78. The average molecular weight is 405 g/mol. The summed E-state index contributed by atoms with van der Waals surface area (Å²) < 4.78 is 5.39. The van der Waals surface area contributed by atoms with Crippen LogP contribution in [0.2, 0.25) is 5.02 Å². The maximum Gasteiger partial charge on any atom is 0.286 e. The molecule has 0 aliphatic carbocycles. The molecule has 1 aromatic carbocycles. The number of hydrogen-bond donors (Lipinski definition) is 2. The van der Waals surface area contributed by atoms with Crippen LogP contribution in [-0.2, 0) is 17.8 Å². The topological polar surface area (TPSA) is 97.1 Å². The Morgan fingerprint density at radius 3 is 2.81 bits per heavy atom. The third-order valence-electron chi connectivity index (χ3n) is 3.57. The number of aromatic nitrogens is 2. The van der Waals surface area contributed by atoms with Crippen molar-refractivity contribution in [2.75, 3.05) is 5.32 Å². The molecule has 3 aromatic rings. The molecule has 0 fully saturated rings. The van der Waals surface area contributed by atoms with Crippen molar-refractivity contribution in [3.63, 3.8) is 0 Å². The van der Waals surface area contributed by atoms with Gasteiger partial charge in [-0.2, -0.15) is 0 Å². The van der Waals surface area contributed by atoms with Crippen LogP contribution in [0.1, 0.15) is 32.8 Å². The predicted octanol–water partition coefficient (Wildman–Crippen LogP) is 3.59. The standard InChI is InChI=1S/C18H17ClN4O3S/c1-11-5-6-14(26-11)10-20-15(24)7-8-16-22-23-18(27-16)17(25)21-13-4-2-3-12(19)9-13/h2-6,9H,7-8,10H2,1H3,(H,20,24)(H,21,25). The number of carbonyl (C=O) groups excluding carboxylic acids is 2. The number of rotatable bonds is 7. The van der Waals surface area contributed by atoms with Gasteiger partial charge in [0.2, 0.25) is 10.9 Å². The summed E-state index contributed by atoms with van der Waals surface area (Å²) in [5, 5.41) is 14.7. The third kappa shape index (κ3) is 5.63. The molecule has 0 bridgehead atoms. The van der Waals surface area contributed by atoms with Gasteiger partial charge in [-0.15, -0.1) is 10.2 Å². The Bertz CT molecular complexity index is 953. The van der Waals surface area contributed by atoms with E-state index in [2.05, 4.69) is 20.8 Å². The second kappa shape index (κ2) is 8.79. The van der Waals surface area contributed by atoms with Gasteiger partial charge in [0.15, 0.2) is 0 Å². The van der Waals surface area contributed by atoms with E-state index in [0.29, 0.717) is 34.4 Å². The molecule has 0 unspecified atom stereocenters. The van der Waals surface area contributed by atoms with E-state index < -0.39 is 0 Å². The maximum atomic E-state index is 12.2. The smallest absolute Gasteiger partial charge is 0.286 e. The summed E-state index contributed by atoms with van der Waals surface area (Å²) in [7, 11) is 0. The number of halogens is 1. The van der Waals surface area contributed by atoms with E-state index >= 15 is 0 Å². The molecule has 9 heteroatoms. The lowest BCUT2D eigenvalue weighted by atomic mass is 10.3. The van der Waals surface area contributed by atoms with Crippen molar-refractivity contribution in [1.29, 1.82) is 0 Å². The van der Waals surface area contributed by atoms with E-state index in [9.17, 15) is 9.59 Å². The Kier molecular flexibility index (Phi) is 6.20. The lowest BCUT2D eigenvalue weighted by molar-refractivity contribution is -0.121. The summed E-state index contributed by atoms with van der Waals surface area (Å²) in [6, 6.07) is 10.5. The number of nitrogens with zero attached hydrogens (tertiary/aromatic N) is 2. The van der Waals surface area contributed by atoms with Crippen LogP contribution in [0.3, 0.4) is 0 Å². The number of hydrogen-bond acceptors (Lipinski definition) is 6. The summed E-state index contributed by atoms with van der Waals surface area (Å²) in [6.07, 6.45) is 0.662. The van der Waals surface area contributed by atoms with Gasteiger partial charge in [-0.25, -0.2) is 0 Å². The van der Waals surface area contributed by atoms with Crippen molar-refractivity contribution in [3.05, 3.63) is 63.0 Å². The van der Waals surface area contributed by atoms with E-state index in [0.717, 1.165) is 17.1 Å². The molecule has 7 nitrogen and oxygen atoms in total. The van der Waals surface area contributed by atoms with E-state index in [-0.39, 0.29) is 23.2 Å². The van der Waals surface area contributed by atoms with Crippen molar-refractivity contribution >= 4 is 40.4 Å². The Balaban J connectivity index is 1.47. The van der Waals surface area contributed by atoms with Crippen LogP contribution in [0.15, 0.2) is 40.8 Å². The second-order valence-corrected chi connectivity index (χ2v) is 7.25. The molecule has 0 aliphatic heterocycles. The normalized spacial score (nSPS) is 10.6. The first kappa shape index (κ1) is 19.1. The van der Waals surface area contributed by atoms with E-state index in [1.807, 2.05) is 19.1 Å². The first-order valence-electron chi connectivity index (χ1n) is 8.21. The summed E-state index contributed by atoms with van der Waals surface area (Å²) in [6.45, 7) is 2.19. The van der Waals surface area contributed by atoms with Gasteiger partial charge < -0.3 is 15.1 Å². The quantitative estimate of drug-likeness (QED) is 0.627. The van der Waals surface area contributed by atoms with Gasteiger partial charge in [0.1, 0.15) is 16.5 Å². The fourth-order valence-corrected chi connectivity index (χ4v) is 3.20. The number of aryl methyl sites for hydroxylation is 2. The number of amides is 2. The van der Waals surface area contributed by atoms with Gasteiger partial charge >= 0.3 is 0 Å². The lowest BCUT2D eigenvalue weighted by Gasteiger charge is -2.02. The largest absolute Gasteiger partial charge is 0.465 e. The SMILES string of the molecule is Cc1ccc(CNC(=O)CCc2nnc(C(=O)Nc3cccc(Cl)c3)s2)o1. The Morgan fingerprint density at radius 2 is 2.07 bits per heavy atom. The molecule has 0 saturated heterocycles. The maximum absolute atomic E-state index is 12.2. The molecule has 27 heavy (non-hydrogen) atoms. The molecule has 2 heterocycles. The molecule has 0 aliphatic rings. The molecule has 3 rings (SSSR count). The van der Waals surface area contributed by atoms with E-state index in [4.69, 9.17) is 16.0 Å². The molecule has 0 spiro atoms. The lowest BCUT2D eigenvalue weighted by Crippen LogP contribution is -2.22. The summed E-state index contributed by atoms with van der Waals surface area (Å²) >= 11 is 7.05. The van der Waals surface area contributed by atoms with Crippen LogP contribution in [0.25, 0.3) is 0 Å². The highest BCUT2D eigenvalue weighted by Gasteiger charge is 2.14. The highest BCUT2D eigenvalue weighted by atomic mass is 35.5. The first-order valence-corrected chi connectivity index (χ1v) is 9.40. The van der Waals surface area contributed by atoms with Crippen LogP contribution < -0.4 is 10.6 Å². The molecule has 140 valence electrons. The molecular weight excluding hydrogens is 388 g/mol. The van der Waals surface area contributed by atoms with Crippen molar-refractivity contribution in [2.24, 2.45) is 0 Å². The Hall–Kier alpha value is -2.71. The Labute approximate surface area is 164 Å². The summed E-state index contributed by atoms with van der Waals surface area (Å²) in [5.41, 5.74) is 0.580. The second-order valence-electron chi connectivity index (χ2n) is 5.75. The minimum Gasteiger partial charge on any atom is -0.465 e. The fraction of sp³-hybridized carbons (Fsp3) is 0.222. The van der Waals surface area contributed by atoms with Crippen LogP contribution in [-0.4, -0.2) is 22.0 Å². The zero-order chi connectivity index (χ0) is 19.2. The van der Waals surface area contributed by atoms with Crippen molar-refractivity contribution in [1.82, 2.24) is 15.5 Å². The number of nitrogens with one attached hydrogen (secondary N) is 2. The van der Waals surface area contributed by atoms with Crippen LogP contribution in [0, 0.1) is 6.92 Å². The summed E-state index contributed by atoms with van der Waals surface area (Å²) in [4.78, 5) is 24.1. The molecule has 0 radical (unpaired) electrons. The molecule has 0 saturated carbocycles. The molecule has 0 atom stereocenters. The van der Waals surface area contributed by atoms with Gasteiger partial charge in [-0.1, -0.05) is 29.0 Å². The van der Waals surface area contributed by atoms with Crippen LogP contribution >= 0.6 is 22.9 Å². The number of furan rings is 1. The first-order chi connectivity index (χ1) is 13.0.